The maximum absolute atomic E-state index is 12.4. The molecule has 2 unspecified atom stereocenters. The minimum absolute atomic E-state index is 0.140. The van der Waals surface area contributed by atoms with Crippen molar-refractivity contribution in [2.24, 2.45) is 0 Å². The van der Waals surface area contributed by atoms with Gasteiger partial charge in [0.25, 0.3) is 5.91 Å². The second-order valence-corrected chi connectivity index (χ2v) is 7.14. The zero-order valence-corrected chi connectivity index (χ0v) is 16.4. The van der Waals surface area contributed by atoms with Crippen molar-refractivity contribution in [1.29, 1.82) is 0 Å². The smallest absolute Gasteiger partial charge is 0.265 e. The summed E-state index contributed by atoms with van der Waals surface area (Å²) in [5.74, 6) is 0.785. The Morgan fingerprint density at radius 3 is 2.89 bits per heavy atom. The molecule has 1 aliphatic rings. The molecule has 2 atom stereocenters. The molecule has 1 fully saturated rings. The first-order valence-corrected chi connectivity index (χ1v) is 9.54. The third-order valence-corrected chi connectivity index (χ3v) is 4.66. The normalized spacial score (nSPS) is 17.4. The van der Waals surface area contributed by atoms with E-state index in [-0.39, 0.29) is 12.0 Å². The molecule has 3 rings (SSSR count). The highest BCUT2D eigenvalue weighted by Crippen LogP contribution is 2.28. The molecule has 0 spiro atoms. The fraction of sp³-hybridized carbons (Fsp3) is 0.350. The lowest BCUT2D eigenvalue weighted by atomic mass is 10.2. The molecule has 1 saturated heterocycles. The van der Waals surface area contributed by atoms with Crippen LogP contribution in [0.4, 0.5) is 5.69 Å². The Balaban J connectivity index is 1.55. The number of amides is 1. The van der Waals surface area contributed by atoms with Crippen LogP contribution in [0.15, 0.2) is 42.5 Å². The maximum Gasteiger partial charge on any atom is 0.265 e. The molecule has 0 bridgehead atoms. The van der Waals surface area contributed by atoms with E-state index in [0.29, 0.717) is 33.8 Å². The largest absolute Gasteiger partial charge is 0.491 e. The second kappa shape index (κ2) is 9.31. The zero-order chi connectivity index (χ0) is 19.2. The minimum Gasteiger partial charge on any atom is -0.491 e. The van der Waals surface area contributed by atoms with Gasteiger partial charge in [0.15, 0.2) is 6.10 Å². The molecule has 0 aromatic heterocycles. The Bertz CT molecular complexity index is 793. The molecule has 1 heterocycles. The van der Waals surface area contributed by atoms with Crippen molar-refractivity contribution in [3.05, 3.63) is 52.5 Å². The van der Waals surface area contributed by atoms with Gasteiger partial charge < -0.3 is 19.5 Å². The molecule has 1 amide bonds. The number of nitrogens with one attached hydrogen (secondary N) is 1. The van der Waals surface area contributed by atoms with Gasteiger partial charge in [0.05, 0.1) is 11.1 Å². The topological polar surface area (TPSA) is 56.8 Å². The van der Waals surface area contributed by atoms with E-state index in [1.54, 1.807) is 37.3 Å². The summed E-state index contributed by atoms with van der Waals surface area (Å²) in [4.78, 5) is 12.4. The van der Waals surface area contributed by atoms with Crippen molar-refractivity contribution in [2.75, 3.05) is 18.5 Å². The van der Waals surface area contributed by atoms with Gasteiger partial charge in [0, 0.05) is 23.4 Å². The highest BCUT2D eigenvalue weighted by Gasteiger charge is 2.18. The number of hydrogen-bond acceptors (Lipinski definition) is 4. The molecule has 7 heteroatoms. The predicted molar refractivity (Wildman–Crippen MR) is 106 cm³/mol. The van der Waals surface area contributed by atoms with Crippen LogP contribution in [0.5, 0.6) is 11.5 Å². The Hall–Kier alpha value is -1.95. The lowest BCUT2D eigenvalue weighted by Gasteiger charge is -2.16. The van der Waals surface area contributed by atoms with Crippen LogP contribution in [0.25, 0.3) is 0 Å². The van der Waals surface area contributed by atoms with E-state index in [9.17, 15) is 4.79 Å². The van der Waals surface area contributed by atoms with Crippen molar-refractivity contribution >= 4 is 34.8 Å². The fourth-order valence-electron chi connectivity index (χ4n) is 2.69. The summed E-state index contributed by atoms with van der Waals surface area (Å²) < 4.78 is 16.9. The van der Waals surface area contributed by atoms with Gasteiger partial charge in [-0.25, -0.2) is 0 Å². The van der Waals surface area contributed by atoms with Crippen LogP contribution in [-0.4, -0.2) is 31.3 Å². The van der Waals surface area contributed by atoms with Crippen molar-refractivity contribution < 1.29 is 19.0 Å². The van der Waals surface area contributed by atoms with Gasteiger partial charge in [-0.1, -0.05) is 29.3 Å². The predicted octanol–water partition coefficient (Wildman–Crippen LogP) is 4.96. The Morgan fingerprint density at radius 1 is 1.30 bits per heavy atom. The maximum atomic E-state index is 12.4. The molecule has 0 radical (unpaired) electrons. The standard InChI is InChI=1S/C20H21Cl2NO4/c1-13(27-19-8-7-14(21)10-18(19)22)20(24)23-15-4-2-5-16(11-15)26-12-17-6-3-9-25-17/h2,4-5,7-8,10-11,13,17H,3,6,9,12H2,1H3,(H,23,24). The molecule has 1 aliphatic heterocycles. The van der Waals surface area contributed by atoms with E-state index in [1.807, 2.05) is 12.1 Å². The SMILES string of the molecule is CC(Oc1ccc(Cl)cc1Cl)C(=O)Nc1cccc(OCC2CCCO2)c1. The number of ether oxygens (including phenoxy) is 3. The molecular weight excluding hydrogens is 389 g/mol. The number of benzene rings is 2. The summed E-state index contributed by atoms with van der Waals surface area (Å²) in [6, 6.07) is 12.1. The summed E-state index contributed by atoms with van der Waals surface area (Å²) in [7, 11) is 0. The first kappa shape index (κ1) is 19.8. The highest BCUT2D eigenvalue weighted by atomic mass is 35.5. The number of carbonyl (C=O) groups is 1. The van der Waals surface area contributed by atoms with Gasteiger partial charge in [-0.3, -0.25) is 4.79 Å². The lowest BCUT2D eigenvalue weighted by Crippen LogP contribution is -2.30. The molecule has 0 aliphatic carbocycles. The number of halogens is 2. The van der Waals surface area contributed by atoms with Gasteiger partial charge in [-0.15, -0.1) is 0 Å². The molecule has 2 aromatic carbocycles. The molecule has 1 N–H and O–H groups in total. The highest BCUT2D eigenvalue weighted by molar-refractivity contribution is 6.35. The summed E-state index contributed by atoms with van der Waals surface area (Å²) in [5, 5.41) is 3.67. The third-order valence-electron chi connectivity index (χ3n) is 4.13. The molecule has 2 aromatic rings. The quantitative estimate of drug-likeness (QED) is 0.701. The van der Waals surface area contributed by atoms with Crippen LogP contribution < -0.4 is 14.8 Å². The number of rotatable bonds is 7. The molecule has 144 valence electrons. The summed E-state index contributed by atoms with van der Waals surface area (Å²) >= 11 is 11.9. The van der Waals surface area contributed by atoms with Gasteiger partial charge in [-0.2, -0.15) is 0 Å². The van der Waals surface area contributed by atoms with E-state index in [4.69, 9.17) is 37.4 Å². The average Bonchev–Trinajstić information content (AvgIpc) is 3.16. The van der Waals surface area contributed by atoms with Crippen LogP contribution in [0.1, 0.15) is 19.8 Å². The summed E-state index contributed by atoms with van der Waals surface area (Å²) in [5.41, 5.74) is 0.627. The minimum atomic E-state index is -0.736. The Kier molecular flexibility index (Phi) is 6.83. The number of anilines is 1. The lowest BCUT2D eigenvalue weighted by molar-refractivity contribution is -0.122. The van der Waals surface area contributed by atoms with Gasteiger partial charge in [-0.05, 0) is 50.1 Å². The van der Waals surface area contributed by atoms with E-state index >= 15 is 0 Å². The Labute approximate surface area is 168 Å². The third kappa shape index (κ3) is 5.76. The van der Waals surface area contributed by atoms with Crippen LogP contribution in [0.2, 0.25) is 10.0 Å². The number of carbonyl (C=O) groups excluding carboxylic acids is 1. The van der Waals surface area contributed by atoms with Crippen LogP contribution >= 0.6 is 23.2 Å². The van der Waals surface area contributed by atoms with Gasteiger partial charge in [0.2, 0.25) is 0 Å². The van der Waals surface area contributed by atoms with E-state index in [1.165, 1.54) is 0 Å². The van der Waals surface area contributed by atoms with Crippen LogP contribution in [-0.2, 0) is 9.53 Å². The van der Waals surface area contributed by atoms with Crippen molar-refractivity contribution in [3.63, 3.8) is 0 Å². The van der Waals surface area contributed by atoms with E-state index in [2.05, 4.69) is 5.32 Å². The number of hydrogen-bond donors (Lipinski definition) is 1. The zero-order valence-electron chi connectivity index (χ0n) is 14.9. The van der Waals surface area contributed by atoms with Gasteiger partial charge in [0.1, 0.15) is 18.1 Å². The Morgan fingerprint density at radius 2 is 2.15 bits per heavy atom. The first-order chi connectivity index (χ1) is 13.0. The molecule has 5 nitrogen and oxygen atoms in total. The molecular formula is C20H21Cl2NO4. The van der Waals surface area contributed by atoms with E-state index in [0.717, 1.165) is 19.4 Å². The van der Waals surface area contributed by atoms with Crippen LogP contribution in [0.3, 0.4) is 0 Å². The summed E-state index contributed by atoms with van der Waals surface area (Å²) in [6.07, 6.45) is 1.49. The molecule has 27 heavy (non-hydrogen) atoms. The van der Waals surface area contributed by atoms with Crippen molar-refractivity contribution in [1.82, 2.24) is 0 Å². The second-order valence-electron chi connectivity index (χ2n) is 6.30. The average molecular weight is 410 g/mol. The summed E-state index contributed by atoms with van der Waals surface area (Å²) in [6.45, 7) is 2.95. The van der Waals surface area contributed by atoms with Crippen molar-refractivity contribution in [2.45, 2.75) is 32.0 Å². The fourth-order valence-corrected chi connectivity index (χ4v) is 3.14. The molecule has 0 saturated carbocycles. The van der Waals surface area contributed by atoms with Crippen LogP contribution in [0, 0.1) is 0 Å². The first-order valence-electron chi connectivity index (χ1n) is 8.78. The van der Waals surface area contributed by atoms with Crippen molar-refractivity contribution in [3.8, 4) is 11.5 Å². The monoisotopic (exact) mass is 409 g/mol. The van der Waals surface area contributed by atoms with E-state index < -0.39 is 6.10 Å². The van der Waals surface area contributed by atoms with Gasteiger partial charge >= 0.3 is 0 Å².